The van der Waals surface area contributed by atoms with Crippen molar-refractivity contribution in [3.8, 4) is 5.75 Å². The smallest absolute Gasteiger partial charge is 0.124 e. The fourth-order valence-electron chi connectivity index (χ4n) is 2.25. The predicted molar refractivity (Wildman–Crippen MR) is 73.1 cm³/mol. The van der Waals surface area contributed by atoms with Crippen LogP contribution in [0.25, 0.3) is 0 Å². The van der Waals surface area contributed by atoms with Crippen LogP contribution in [0.15, 0.2) is 18.2 Å². The lowest BCUT2D eigenvalue weighted by atomic mass is 10.0. The lowest BCUT2D eigenvalue weighted by molar-refractivity contribution is 0.0674. The van der Waals surface area contributed by atoms with Gasteiger partial charge in [0.15, 0.2) is 0 Å². The molecule has 1 saturated heterocycles. The van der Waals surface area contributed by atoms with Gasteiger partial charge in [-0.3, -0.25) is 0 Å². The van der Waals surface area contributed by atoms with Gasteiger partial charge in [0.2, 0.25) is 0 Å². The summed E-state index contributed by atoms with van der Waals surface area (Å²) in [7, 11) is 1.97. The Morgan fingerprint density at radius 1 is 1.50 bits per heavy atom. The molecular formula is C15H23NO2. The van der Waals surface area contributed by atoms with Gasteiger partial charge in [-0.05, 0) is 39.8 Å². The molecule has 1 N–H and O–H groups in total. The molecule has 0 spiro atoms. The van der Waals surface area contributed by atoms with Crippen LogP contribution in [0.3, 0.4) is 0 Å². The molecule has 0 aromatic heterocycles. The van der Waals surface area contributed by atoms with E-state index in [2.05, 4.69) is 37.4 Å². The maximum absolute atomic E-state index is 5.93. The van der Waals surface area contributed by atoms with Gasteiger partial charge in [-0.15, -0.1) is 0 Å². The Kier molecular flexibility index (Phi) is 4.61. The summed E-state index contributed by atoms with van der Waals surface area (Å²) in [5.74, 6) is 0.970. The molecular weight excluding hydrogens is 226 g/mol. The van der Waals surface area contributed by atoms with Crippen LogP contribution in [0.4, 0.5) is 0 Å². The SMILES string of the molecule is CNC(C)c1cc(C)ccc1OCC1CCCO1. The Balaban J connectivity index is 2.05. The standard InChI is InChI=1S/C15H23NO2/c1-11-6-7-15(14(9-11)12(2)16-3)18-10-13-5-4-8-17-13/h6-7,9,12-13,16H,4-5,8,10H2,1-3H3. The van der Waals surface area contributed by atoms with E-state index in [0.717, 1.165) is 25.2 Å². The highest BCUT2D eigenvalue weighted by Gasteiger charge is 2.17. The summed E-state index contributed by atoms with van der Waals surface area (Å²) in [4.78, 5) is 0. The van der Waals surface area contributed by atoms with Crippen LogP contribution >= 0.6 is 0 Å². The van der Waals surface area contributed by atoms with Crippen molar-refractivity contribution in [2.45, 2.75) is 38.8 Å². The largest absolute Gasteiger partial charge is 0.491 e. The minimum atomic E-state index is 0.268. The first-order valence-electron chi connectivity index (χ1n) is 6.73. The first-order valence-corrected chi connectivity index (χ1v) is 6.73. The summed E-state index contributed by atoms with van der Waals surface area (Å²) < 4.78 is 11.5. The van der Waals surface area contributed by atoms with Crippen LogP contribution in [-0.4, -0.2) is 26.4 Å². The van der Waals surface area contributed by atoms with Crippen LogP contribution in [0, 0.1) is 6.92 Å². The zero-order valence-electron chi connectivity index (χ0n) is 11.5. The molecule has 1 aliphatic heterocycles. The Morgan fingerprint density at radius 3 is 3.00 bits per heavy atom. The zero-order valence-corrected chi connectivity index (χ0v) is 11.5. The quantitative estimate of drug-likeness (QED) is 0.870. The molecule has 1 aromatic carbocycles. The molecule has 100 valence electrons. The number of hydrogen-bond acceptors (Lipinski definition) is 3. The van der Waals surface area contributed by atoms with Crippen LogP contribution in [0.5, 0.6) is 5.75 Å². The van der Waals surface area contributed by atoms with Gasteiger partial charge in [0.25, 0.3) is 0 Å². The van der Waals surface area contributed by atoms with E-state index in [4.69, 9.17) is 9.47 Å². The van der Waals surface area contributed by atoms with E-state index in [9.17, 15) is 0 Å². The van der Waals surface area contributed by atoms with Crippen LogP contribution in [0.2, 0.25) is 0 Å². The number of hydrogen-bond donors (Lipinski definition) is 1. The molecule has 3 nitrogen and oxygen atoms in total. The van der Waals surface area contributed by atoms with Gasteiger partial charge in [0.05, 0.1) is 6.10 Å². The number of aryl methyl sites for hydroxylation is 1. The Labute approximate surface area is 109 Å². The molecule has 1 fully saturated rings. The first kappa shape index (κ1) is 13.4. The number of nitrogens with one attached hydrogen (secondary N) is 1. The predicted octanol–water partition coefficient (Wildman–Crippen LogP) is 2.83. The summed E-state index contributed by atoms with van der Waals surface area (Å²) in [6.07, 6.45) is 2.54. The maximum atomic E-state index is 5.93. The minimum Gasteiger partial charge on any atom is -0.491 e. The summed E-state index contributed by atoms with van der Waals surface area (Å²) in [6, 6.07) is 6.64. The molecule has 2 rings (SSSR count). The average molecular weight is 249 g/mol. The normalized spacial score (nSPS) is 20.9. The summed E-state index contributed by atoms with van der Waals surface area (Å²) in [5.41, 5.74) is 2.48. The number of rotatable bonds is 5. The zero-order chi connectivity index (χ0) is 13.0. The van der Waals surface area contributed by atoms with Gasteiger partial charge in [-0.25, -0.2) is 0 Å². The van der Waals surface area contributed by atoms with Crippen molar-refractivity contribution in [3.05, 3.63) is 29.3 Å². The molecule has 0 saturated carbocycles. The molecule has 3 heteroatoms. The van der Waals surface area contributed by atoms with Crippen molar-refractivity contribution in [2.24, 2.45) is 0 Å². The molecule has 1 aliphatic rings. The third kappa shape index (κ3) is 3.24. The highest BCUT2D eigenvalue weighted by atomic mass is 16.5. The van der Waals surface area contributed by atoms with Crippen LogP contribution in [-0.2, 0) is 4.74 Å². The van der Waals surface area contributed by atoms with Gasteiger partial charge in [-0.2, -0.15) is 0 Å². The maximum Gasteiger partial charge on any atom is 0.124 e. The highest BCUT2D eigenvalue weighted by molar-refractivity contribution is 5.38. The molecule has 0 radical (unpaired) electrons. The highest BCUT2D eigenvalue weighted by Crippen LogP contribution is 2.27. The molecule has 0 bridgehead atoms. The topological polar surface area (TPSA) is 30.5 Å². The monoisotopic (exact) mass is 249 g/mol. The van der Waals surface area contributed by atoms with Crippen molar-refractivity contribution in [1.29, 1.82) is 0 Å². The van der Waals surface area contributed by atoms with E-state index >= 15 is 0 Å². The fraction of sp³-hybridized carbons (Fsp3) is 0.600. The summed E-state index contributed by atoms with van der Waals surface area (Å²) >= 11 is 0. The number of ether oxygens (including phenoxy) is 2. The minimum absolute atomic E-state index is 0.268. The van der Waals surface area contributed by atoms with Crippen LogP contribution < -0.4 is 10.1 Å². The van der Waals surface area contributed by atoms with Gasteiger partial charge in [0, 0.05) is 18.2 Å². The van der Waals surface area contributed by atoms with Crippen molar-refractivity contribution < 1.29 is 9.47 Å². The summed E-state index contributed by atoms with van der Waals surface area (Å²) in [5, 5.41) is 3.27. The Bertz CT molecular complexity index is 386. The van der Waals surface area contributed by atoms with E-state index in [-0.39, 0.29) is 6.10 Å². The van der Waals surface area contributed by atoms with Crippen molar-refractivity contribution in [3.63, 3.8) is 0 Å². The lowest BCUT2D eigenvalue weighted by Crippen LogP contribution is -2.19. The first-order chi connectivity index (χ1) is 8.70. The average Bonchev–Trinajstić information content (AvgIpc) is 2.89. The van der Waals surface area contributed by atoms with E-state index in [1.807, 2.05) is 7.05 Å². The molecule has 18 heavy (non-hydrogen) atoms. The lowest BCUT2D eigenvalue weighted by Gasteiger charge is -2.19. The van der Waals surface area contributed by atoms with Gasteiger partial charge in [-0.1, -0.05) is 17.7 Å². The van der Waals surface area contributed by atoms with Crippen molar-refractivity contribution in [1.82, 2.24) is 5.32 Å². The Hall–Kier alpha value is -1.06. The van der Waals surface area contributed by atoms with Gasteiger partial charge >= 0.3 is 0 Å². The van der Waals surface area contributed by atoms with E-state index < -0.39 is 0 Å². The second kappa shape index (κ2) is 6.21. The molecule has 0 aliphatic carbocycles. The number of benzene rings is 1. The van der Waals surface area contributed by atoms with Crippen molar-refractivity contribution >= 4 is 0 Å². The Morgan fingerprint density at radius 2 is 2.33 bits per heavy atom. The van der Waals surface area contributed by atoms with Gasteiger partial charge < -0.3 is 14.8 Å². The molecule has 2 unspecified atom stereocenters. The molecule has 0 amide bonds. The van der Waals surface area contributed by atoms with Crippen molar-refractivity contribution in [2.75, 3.05) is 20.3 Å². The third-order valence-electron chi connectivity index (χ3n) is 3.51. The molecule has 1 heterocycles. The van der Waals surface area contributed by atoms with Gasteiger partial charge in [0.1, 0.15) is 12.4 Å². The second-order valence-electron chi connectivity index (χ2n) is 5.00. The molecule has 2 atom stereocenters. The fourth-order valence-corrected chi connectivity index (χ4v) is 2.25. The third-order valence-corrected chi connectivity index (χ3v) is 3.51. The second-order valence-corrected chi connectivity index (χ2v) is 5.00. The van der Waals surface area contributed by atoms with E-state index in [1.165, 1.54) is 11.1 Å². The molecule has 1 aromatic rings. The van der Waals surface area contributed by atoms with E-state index in [1.54, 1.807) is 0 Å². The van der Waals surface area contributed by atoms with Crippen LogP contribution in [0.1, 0.15) is 36.9 Å². The van der Waals surface area contributed by atoms with E-state index in [0.29, 0.717) is 12.6 Å². The summed E-state index contributed by atoms with van der Waals surface area (Å²) in [6.45, 7) is 5.79.